The van der Waals surface area contributed by atoms with Gasteiger partial charge in [0, 0.05) is 25.4 Å². The zero-order valence-corrected chi connectivity index (χ0v) is 10.8. The first-order valence-corrected chi connectivity index (χ1v) is 6.45. The number of nitrogens with one attached hydrogen (secondary N) is 2. The first-order chi connectivity index (χ1) is 9.83. The summed E-state index contributed by atoms with van der Waals surface area (Å²) in [6.45, 7) is 0.535. The quantitative estimate of drug-likeness (QED) is 0.758. The van der Waals surface area contributed by atoms with E-state index in [0.717, 1.165) is 16.9 Å². The Morgan fingerprint density at radius 1 is 1.20 bits per heavy atom. The fourth-order valence-corrected chi connectivity index (χ4v) is 2.02. The number of hydrogen-bond acceptors (Lipinski definition) is 3. The van der Waals surface area contributed by atoms with Gasteiger partial charge in [-0.15, -0.1) is 0 Å². The lowest BCUT2D eigenvalue weighted by molar-refractivity contribution is 0.0953. The topological polar surface area (TPSA) is 70.7 Å². The number of hydrogen-bond donors (Lipinski definition) is 2. The van der Waals surface area contributed by atoms with E-state index in [1.807, 2.05) is 24.3 Å². The van der Waals surface area contributed by atoms with Crippen molar-refractivity contribution in [2.75, 3.05) is 6.54 Å². The van der Waals surface area contributed by atoms with E-state index in [2.05, 4.69) is 20.3 Å². The van der Waals surface area contributed by atoms with Crippen LogP contribution < -0.4 is 5.32 Å². The molecule has 0 atom stereocenters. The Morgan fingerprint density at radius 3 is 2.90 bits per heavy atom. The first kappa shape index (κ1) is 12.3. The fourth-order valence-electron chi connectivity index (χ4n) is 2.02. The number of benzene rings is 1. The molecule has 0 saturated carbocycles. The van der Waals surface area contributed by atoms with E-state index in [4.69, 9.17) is 0 Å². The van der Waals surface area contributed by atoms with Gasteiger partial charge in [-0.1, -0.05) is 12.1 Å². The smallest absolute Gasteiger partial charge is 0.252 e. The van der Waals surface area contributed by atoms with E-state index >= 15 is 0 Å². The predicted octanol–water partition coefficient (Wildman–Crippen LogP) is 1.93. The molecule has 0 spiro atoms. The number of carbonyl (C=O) groups is 1. The molecule has 20 heavy (non-hydrogen) atoms. The highest BCUT2D eigenvalue weighted by Crippen LogP contribution is 2.10. The molecule has 2 N–H and O–H groups in total. The highest BCUT2D eigenvalue weighted by molar-refractivity contribution is 5.93. The van der Waals surface area contributed by atoms with Gasteiger partial charge in [0.1, 0.15) is 5.82 Å². The van der Waals surface area contributed by atoms with Crippen LogP contribution in [-0.4, -0.2) is 27.4 Å². The van der Waals surface area contributed by atoms with Gasteiger partial charge < -0.3 is 10.3 Å². The number of nitrogens with zero attached hydrogens (tertiary/aromatic N) is 2. The molecule has 0 radical (unpaired) electrons. The van der Waals surface area contributed by atoms with Gasteiger partial charge in [0.15, 0.2) is 0 Å². The summed E-state index contributed by atoms with van der Waals surface area (Å²) >= 11 is 0. The largest absolute Gasteiger partial charge is 0.352 e. The number of amides is 1. The van der Waals surface area contributed by atoms with Crippen LogP contribution in [0.15, 0.2) is 48.8 Å². The van der Waals surface area contributed by atoms with Gasteiger partial charge in [0.05, 0.1) is 16.6 Å². The Labute approximate surface area is 116 Å². The summed E-state index contributed by atoms with van der Waals surface area (Å²) in [4.78, 5) is 23.4. The Balaban J connectivity index is 1.58. The zero-order chi connectivity index (χ0) is 13.8. The van der Waals surface area contributed by atoms with Crippen molar-refractivity contribution in [3.8, 4) is 0 Å². The molecule has 0 aliphatic heterocycles. The van der Waals surface area contributed by atoms with Gasteiger partial charge >= 0.3 is 0 Å². The summed E-state index contributed by atoms with van der Waals surface area (Å²) in [5, 5.41) is 2.85. The Morgan fingerprint density at radius 2 is 2.10 bits per heavy atom. The van der Waals surface area contributed by atoms with Crippen LogP contribution in [-0.2, 0) is 6.42 Å². The SMILES string of the molecule is O=C(NCCc1nc2ccccc2[nH]1)c1cccnc1. The third-order valence-electron chi connectivity index (χ3n) is 3.01. The second kappa shape index (κ2) is 5.52. The van der Waals surface area contributed by atoms with Crippen LogP contribution in [0.2, 0.25) is 0 Å². The zero-order valence-electron chi connectivity index (χ0n) is 10.8. The third kappa shape index (κ3) is 2.66. The number of fused-ring (bicyclic) bond motifs is 1. The maximum absolute atomic E-state index is 11.8. The van der Waals surface area contributed by atoms with Gasteiger partial charge in [-0.05, 0) is 24.3 Å². The van der Waals surface area contributed by atoms with E-state index in [1.54, 1.807) is 24.5 Å². The average molecular weight is 266 g/mol. The summed E-state index contributed by atoms with van der Waals surface area (Å²) < 4.78 is 0. The summed E-state index contributed by atoms with van der Waals surface area (Å²) in [6.07, 6.45) is 3.86. The van der Waals surface area contributed by atoms with E-state index in [-0.39, 0.29) is 5.91 Å². The number of H-pyrrole nitrogens is 1. The van der Waals surface area contributed by atoms with E-state index < -0.39 is 0 Å². The minimum Gasteiger partial charge on any atom is -0.352 e. The van der Waals surface area contributed by atoms with Gasteiger partial charge in [0.2, 0.25) is 0 Å². The van der Waals surface area contributed by atoms with Crippen LogP contribution in [0.5, 0.6) is 0 Å². The highest BCUT2D eigenvalue weighted by Gasteiger charge is 2.05. The molecule has 1 aromatic carbocycles. The summed E-state index contributed by atoms with van der Waals surface area (Å²) in [5.74, 6) is 0.756. The fraction of sp³-hybridized carbons (Fsp3) is 0.133. The second-order valence-corrected chi connectivity index (χ2v) is 4.45. The molecule has 0 bridgehead atoms. The summed E-state index contributed by atoms with van der Waals surface area (Å²) in [7, 11) is 0. The molecule has 0 aliphatic rings. The van der Waals surface area contributed by atoms with Crippen molar-refractivity contribution in [3.63, 3.8) is 0 Å². The molecular weight excluding hydrogens is 252 g/mol. The van der Waals surface area contributed by atoms with Crippen LogP contribution in [0, 0.1) is 0 Å². The van der Waals surface area contributed by atoms with E-state index in [1.165, 1.54) is 0 Å². The minimum absolute atomic E-state index is 0.116. The van der Waals surface area contributed by atoms with Crippen molar-refractivity contribution in [1.29, 1.82) is 0 Å². The van der Waals surface area contributed by atoms with Gasteiger partial charge in [-0.2, -0.15) is 0 Å². The monoisotopic (exact) mass is 266 g/mol. The Hall–Kier alpha value is -2.69. The van der Waals surface area contributed by atoms with Crippen molar-refractivity contribution in [2.45, 2.75) is 6.42 Å². The molecule has 1 amide bonds. The van der Waals surface area contributed by atoms with Gasteiger partial charge in [-0.25, -0.2) is 4.98 Å². The number of para-hydroxylation sites is 2. The molecule has 3 aromatic rings. The average Bonchev–Trinajstić information content (AvgIpc) is 2.90. The second-order valence-electron chi connectivity index (χ2n) is 4.45. The first-order valence-electron chi connectivity index (χ1n) is 6.45. The van der Waals surface area contributed by atoms with Crippen molar-refractivity contribution < 1.29 is 4.79 Å². The molecule has 2 heterocycles. The lowest BCUT2D eigenvalue weighted by Crippen LogP contribution is -2.25. The van der Waals surface area contributed by atoms with Crippen LogP contribution in [0.1, 0.15) is 16.2 Å². The number of pyridine rings is 1. The number of aromatic amines is 1. The number of aromatic nitrogens is 3. The van der Waals surface area contributed by atoms with Crippen molar-refractivity contribution in [1.82, 2.24) is 20.3 Å². The van der Waals surface area contributed by atoms with Crippen molar-refractivity contribution in [3.05, 3.63) is 60.2 Å². The Bertz CT molecular complexity index is 688. The molecular formula is C15H14N4O. The van der Waals surface area contributed by atoms with Crippen LogP contribution in [0.3, 0.4) is 0 Å². The molecule has 5 heteroatoms. The molecule has 0 saturated heterocycles. The number of imidazole rings is 1. The molecule has 3 rings (SSSR count). The Kier molecular flexibility index (Phi) is 3.41. The third-order valence-corrected chi connectivity index (χ3v) is 3.01. The lowest BCUT2D eigenvalue weighted by Gasteiger charge is -2.03. The molecule has 100 valence electrons. The van der Waals surface area contributed by atoms with E-state index in [9.17, 15) is 4.79 Å². The molecule has 0 unspecified atom stereocenters. The minimum atomic E-state index is -0.116. The summed E-state index contributed by atoms with van der Waals surface area (Å²) in [6, 6.07) is 11.4. The van der Waals surface area contributed by atoms with Gasteiger partial charge in [0.25, 0.3) is 5.91 Å². The van der Waals surface area contributed by atoms with Crippen LogP contribution in [0.4, 0.5) is 0 Å². The van der Waals surface area contributed by atoms with E-state index in [0.29, 0.717) is 18.5 Å². The predicted molar refractivity (Wildman–Crippen MR) is 76.4 cm³/mol. The standard InChI is InChI=1S/C15H14N4O/c20-15(11-4-3-8-16-10-11)17-9-7-14-18-12-5-1-2-6-13(12)19-14/h1-6,8,10H,7,9H2,(H,17,20)(H,18,19). The maximum Gasteiger partial charge on any atom is 0.252 e. The molecule has 5 nitrogen and oxygen atoms in total. The molecule has 0 fully saturated rings. The number of carbonyl (C=O) groups excluding carboxylic acids is 1. The lowest BCUT2D eigenvalue weighted by atomic mass is 10.2. The maximum atomic E-state index is 11.8. The van der Waals surface area contributed by atoms with Crippen LogP contribution in [0.25, 0.3) is 11.0 Å². The van der Waals surface area contributed by atoms with Gasteiger partial charge in [-0.3, -0.25) is 9.78 Å². The normalized spacial score (nSPS) is 10.6. The van der Waals surface area contributed by atoms with Crippen molar-refractivity contribution >= 4 is 16.9 Å². The summed E-state index contributed by atoms with van der Waals surface area (Å²) in [5.41, 5.74) is 2.53. The highest BCUT2D eigenvalue weighted by atomic mass is 16.1. The number of rotatable bonds is 4. The van der Waals surface area contributed by atoms with Crippen LogP contribution >= 0.6 is 0 Å². The molecule has 2 aromatic heterocycles. The molecule has 0 aliphatic carbocycles. The van der Waals surface area contributed by atoms with Crippen molar-refractivity contribution in [2.24, 2.45) is 0 Å².